The molecule has 0 aliphatic carbocycles. The lowest BCUT2D eigenvalue weighted by molar-refractivity contribution is 0.0954. The van der Waals surface area contributed by atoms with E-state index >= 15 is 0 Å². The number of rotatable bonds is 5. The molecule has 2 amide bonds. The molecule has 1 saturated heterocycles. The normalized spacial score (nSPS) is 16.8. The van der Waals surface area contributed by atoms with Gasteiger partial charge in [0.2, 0.25) is 0 Å². The fourth-order valence-corrected chi connectivity index (χ4v) is 3.39. The minimum absolute atomic E-state index is 0.0774. The van der Waals surface area contributed by atoms with Gasteiger partial charge < -0.3 is 10.5 Å². The van der Waals surface area contributed by atoms with Crippen molar-refractivity contribution in [2.75, 3.05) is 11.5 Å². The molecule has 10 nitrogen and oxygen atoms in total. The molecular weight excluding hydrogens is 398 g/mol. The van der Waals surface area contributed by atoms with Gasteiger partial charge in [-0.05, 0) is 36.6 Å². The largest absolute Gasteiger partial charge is 0.447 e. The molecule has 0 spiro atoms. The van der Waals surface area contributed by atoms with E-state index in [9.17, 15) is 9.59 Å². The zero-order valence-corrected chi connectivity index (χ0v) is 17.4. The number of amides is 2. The first-order valence-electron chi connectivity index (χ1n) is 9.86. The molecule has 3 aromatic rings. The highest BCUT2D eigenvalue weighted by Gasteiger charge is 2.37. The van der Waals surface area contributed by atoms with Crippen LogP contribution in [-0.4, -0.2) is 45.1 Å². The Balaban J connectivity index is 1.66. The summed E-state index contributed by atoms with van der Waals surface area (Å²) in [5.41, 5.74) is 10.5. The van der Waals surface area contributed by atoms with Gasteiger partial charge in [-0.2, -0.15) is 10.2 Å². The average molecular weight is 421 g/mol. The molecule has 0 unspecified atom stereocenters. The molecule has 10 heteroatoms. The SMILES string of the molecule is CC(N)=NNC(=O)c1ccc(-c2cnn3ccc(N4C(=O)OC[C@@H]4C(C)C)nc23)cc1. The highest BCUT2D eigenvalue weighted by Crippen LogP contribution is 2.29. The summed E-state index contributed by atoms with van der Waals surface area (Å²) in [6.45, 7) is 6.01. The first-order valence-corrected chi connectivity index (χ1v) is 9.86. The van der Waals surface area contributed by atoms with Crippen LogP contribution in [0.2, 0.25) is 0 Å². The van der Waals surface area contributed by atoms with Gasteiger partial charge in [0.25, 0.3) is 5.91 Å². The van der Waals surface area contributed by atoms with Crippen LogP contribution in [0, 0.1) is 5.92 Å². The van der Waals surface area contributed by atoms with Crippen LogP contribution in [-0.2, 0) is 4.74 Å². The predicted octanol–water partition coefficient (Wildman–Crippen LogP) is 2.40. The third-order valence-corrected chi connectivity index (χ3v) is 5.07. The van der Waals surface area contributed by atoms with Crippen molar-refractivity contribution < 1.29 is 14.3 Å². The topological polar surface area (TPSA) is 127 Å². The molecule has 160 valence electrons. The van der Waals surface area contributed by atoms with E-state index in [0.717, 1.165) is 11.1 Å². The summed E-state index contributed by atoms with van der Waals surface area (Å²) in [5.74, 6) is 0.644. The van der Waals surface area contributed by atoms with Gasteiger partial charge in [-0.25, -0.2) is 19.7 Å². The molecule has 0 saturated carbocycles. The Morgan fingerprint density at radius 3 is 2.71 bits per heavy atom. The van der Waals surface area contributed by atoms with Gasteiger partial charge in [-0.3, -0.25) is 9.69 Å². The number of nitrogens with zero attached hydrogens (tertiary/aromatic N) is 5. The van der Waals surface area contributed by atoms with Crippen LogP contribution in [0.25, 0.3) is 16.8 Å². The quantitative estimate of drug-likeness (QED) is 0.370. The number of cyclic esters (lactones) is 1. The molecule has 0 bridgehead atoms. The van der Waals surface area contributed by atoms with Crippen molar-refractivity contribution in [3.05, 3.63) is 48.3 Å². The predicted molar refractivity (Wildman–Crippen MR) is 116 cm³/mol. The molecular formula is C21H23N7O3. The molecule has 0 radical (unpaired) electrons. The second-order valence-corrected chi connectivity index (χ2v) is 7.64. The van der Waals surface area contributed by atoms with E-state index in [-0.39, 0.29) is 23.7 Å². The maximum Gasteiger partial charge on any atom is 0.415 e. The van der Waals surface area contributed by atoms with Crippen molar-refractivity contribution in [1.29, 1.82) is 0 Å². The summed E-state index contributed by atoms with van der Waals surface area (Å²) in [5, 5.41) is 8.07. The molecule has 1 fully saturated rings. The Morgan fingerprint density at radius 2 is 2.03 bits per heavy atom. The summed E-state index contributed by atoms with van der Waals surface area (Å²) < 4.78 is 6.88. The number of ether oxygens (including phenoxy) is 1. The monoisotopic (exact) mass is 421 g/mol. The van der Waals surface area contributed by atoms with Crippen LogP contribution < -0.4 is 16.1 Å². The molecule has 1 atom stereocenters. The molecule has 1 aliphatic heterocycles. The third kappa shape index (κ3) is 3.91. The summed E-state index contributed by atoms with van der Waals surface area (Å²) in [4.78, 5) is 30.7. The molecule has 2 aromatic heterocycles. The lowest BCUT2D eigenvalue weighted by atomic mass is 10.0. The van der Waals surface area contributed by atoms with E-state index < -0.39 is 6.09 Å². The maximum absolute atomic E-state index is 12.3. The number of amidine groups is 1. The van der Waals surface area contributed by atoms with E-state index in [4.69, 9.17) is 15.5 Å². The number of carbonyl (C=O) groups excluding carboxylic acids is 2. The molecule has 31 heavy (non-hydrogen) atoms. The number of hydrogen-bond donors (Lipinski definition) is 2. The number of hydrogen-bond acceptors (Lipinski definition) is 6. The Bertz CT molecular complexity index is 1160. The minimum Gasteiger partial charge on any atom is -0.447 e. The van der Waals surface area contributed by atoms with Crippen LogP contribution in [0.4, 0.5) is 10.6 Å². The van der Waals surface area contributed by atoms with Gasteiger partial charge in [0.1, 0.15) is 18.3 Å². The van der Waals surface area contributed by atoms with E-state index in [1.165, 1.54) is 0 Å². The van der Waals surface area contributed by atoms with Crippen molar-refractivity contribution in [3.63, 3.8) is 0 Å². The number of anilines is 1. The van der Waals surface area contributed by atoms with Gasteiger partial charge in [-0.1, -0.05) is 26.0 Å². The van der Waals surface area contributed by atoms with Gasteiger partial charge in [0, 0.05) is 17.3 Å². The van der Waals surface area contributed by atoms with E-state index in [1.54, 1.807) is 59.1 Å². The summed E-state index contributed by atoms with van der Waals surface area (Å²) in [6.07, 6.45) is 3.06. The zero-order valence-electron chi connectivity index (χ0n) is 17.4. The Morgan fingerprint density at radius 1 is 1.29 bits per heavy atom. The number of nitrogens with one attached hydrogen (secondary N) is 1. The van der Waals surface area contributed by atoms with Crippen molar-refractivity contribution >= 4 is 29.3 Å². The minimum atomic E-state index is -0.401. The summed E-state index contributed by atoms with van der Waals surface area (Å²) in [6, 6.07) is 8.66. The van der Waals surface area contributed by atoms with Gasteiger partial charge in [-0.15, -0.1) is 0 Å². The number of fused-ring (bicyclic) bond motifs is 1. The van der Waals surface area contributed by atoms with Crippen molar-refractivity contribution in [2.24, 2.45) is 16.8 Å². The number of carbonyl (C=O) groups is 2. The zero-order chi connectivity index (χ0) is 22.1. The van der Waals surface area contributed by atoms with Gasteiger partial charge >= 0.3 is 6.09 Å². The first-order chi connectivity index (χ1) is 14.8. The Hall–Kier alpha value is -3.95. The fourth-order valence-electron chi connectivity index (χ4n) is 3.39. The molecule has 3 heterocycles. The van der Waals surface area contributed by atoms with Crippen LogP contribution in [0.1, 0.15) is 31.1 Å². The Kier molecular flexibility index (Phi) is 5.28. The highest BCUT2D eigenvalue weighted by molar-refractivity contribution is 5.95. The van der Waals surface area contributed by atoms with Crippen LogP contribution in [0.15, 0.2) is 47.8 Å². The third-order valence-electron chi connectivity index (χ3n) is 5.07. The molecule has 1 aromatic carbocycles. The molecule has 1 aliphatic rings. The van der Waals surface area contributed by atoms with Crippen molar-refractivity contribution in [3.8, 4) is 11.1 Å². The smallest absolute Gasteiger partial charge is 0.415 e. The second-order valence-electron chi connectivity index (χ2n) is 7.64. The number of nitrogens with two attached hydrogens (primary N) is 1. The molecule has 4 rings (SSSR count). The van der Waals surface area contributed by atoms with E-state index in [1.807, 2.05) is 13.8 Å². The molecule has 3 N–H and O–H groups in total. The lowest BCUT2D eigenvalue weighted by Crippen LogP contribution is -2.37. The maximum atomic E-state index is 12.3. The number of benzene rings is 1. The van der Waals surface area contributed by atoms with Gasteiger partial charge in [0.15, 0.2) is 5.65 Å². The van der Waals surface area contributed by atoms with Gasteiger partial charge in [0.05, 0.1) is 12.2 Å². The average Bonchev–Trinajstić information content (AvgIpc) is 3.35. The first kappa shape index (κ1) is 20.3. The highest BCUT2D eigenvalue weighted by atomic mass is 16.6. The van der Waals surface area contributed by atoms with Crippen LogP contribution >= 0.6 is 0 Å². The van der Waals surface area contributed by atoms with Crippen LogP contribution in [0.5, 0.6) is 0 Å². The van der Waals surface area contributed by atoms with Crippen molar-refractivity contribution in [2.45, 2.75) is 26.8 Å². The lowest BCUT2D eigenvalue weighted by Gasteiger charge is -2.23. The summed E-state index contributed by atoms with van der Waals surface area (Å²) >= 11 is 0. The Labute approximate surface area is 178 Å². The van der Waals surface area contributed by atoms with Crippen LogP contribution in [0.3, 0.4) is 0 Å². The van der Waals surface area contributed by atoms with E-state index in [2.05, 4.69) is 15.6 Å². The summed E-state index contributed by atoms with van der Waals surface area (Å²) in [7, 11) is 0. The number of hydrazone groups is 1. The van der Waals surface area contributed by atoms with Crippen molar-refractivity contribution in [1.82, 2.24) is 20.0 Å². The fraction of sp³-hybridized carbons (Fsp3) is 0.286. The second kappa shape index (κ2) is 8.05. The van der Waals surface area contributed by atoms with E-state index in [0.29, 0.717) is 23.6 Å². The number of aromatic nitrogens is 3. The standard InChI is InChI=1S/C21H23N7O3/c1-12(2)17-11-31-21(30)28(17)18-8-9-27-19(24-18)16(10-23-27)14-4-6-15(7-5-14)20(29)26-25-13(3)22/h4-10,12,17H,11H2,1-3H3,(H2,22,25)(H,26,29)/t17-/m1/s1.